The van der Waals surface area contributed by atoms with Gasteiger partial charge in [-0.3, -0.25) is 4.79 Å². The summed E-state index contributed by atoms with van der Waals surface area (Å²) >= 11 is 0. The number of rotatable bonds is 13. The molecule has 0 saturated carbocycles. The quantitative estimate of drug-likeness (QED) is 0.488. The molecule has 0 spiro atoms. The number of amides is 1. The highest BCUT2D eigenvalue weighted by atomic mass is 16.5. The molecule has 0 aliphatic rings. The fraction of sp³-hybridized carbons (Fsp3) is 0.952. The van der Waals surface area contributed by atoms with E-state index in [-0.39, 0.29) is 17.6 Å². The third-order valence-electron chi connectivity index (χ3n) is 3.69. The van der Waals surface area contributed by atoms with Crippen LogP contribution in [-0.2, 0) is 23.7 Å². The normalized spacial score (nSPS) is 15.0. The van der Waals surface area contributed by atoms with E-state index in [1.54, 1.807) is 0 Å². The summed E-state index contributed by atoms with van der Waals surface area (Å²) in [6.45, 7) is 20.4. The number of hydrogen-bond donors (Lipinski definition) is 1. The smallest absolute Gasteiger partial charge is 0.226 e. The van der Waals surface area contributed by atoms with Crippen molar-refractivity contribution in [2.75, 3.05) is 39.6 Å². The Morgan fingerprint density at radius 1 is 0.926 bits per heavy atom. The van der Waals surface area contributed by atoms with Crippen LogP contribution in [0.3, 0.4) is 0 Å². The largest absolute Gasteiger partial charge is 0.379 e. The van der Waals surface area contributed by atoms with Crippen LogP contribution < -0.4 is 5.32 Å². The Morgan fingerprint density at radius 2 is 1.52 bits per heavy atom. The van der Waals surface area contributed by atoms with Crippen molar-refractivity contribution in [1.29, 1.82) is 0 Å². The highest BCUT2D eigenvalue weighted by Crippen LogP contribution is 2.19. The van der Waals surface area contributed by atoms with Gasteiger partial charge in [0, 0.05) is 25.2 Å². The predicted molar refractivity (Wildman–Crippen MR) is 109 cm³/mol. The molecule has 162 valence electrons. The highest BCUT2D eigenvalue weighted by molar-refractivity contribution is 5.82. The first-order valence-corrected chi connectivity index (χ1v) is 10.0. The lowest BCUT2D eigenvalue weighted by Gasteiger charge is -2.38. The van der Waals surface area contributed by atoms with E-state index in [0.717, 1.165) is 6.42 Å². The molecule has 0 aromatic rings. The molecule has 6 heteroatoms. The molecule has 0 bridgehead atoms. The Hall–Kier alpha value is -0.690. The van der Waals surface area contributed by atoms with E-state index in [9.17, 15) is 4.79 Å². The molecule has 0 heterocycles. The molecular weight excluding hydrogens is 346 g/mol. The minimum atomic E-state index is -0.730. The first-order valence-electron chi connectivity index (χ1n) is 10.0. The maximum atomic E-state index is 12.7. The first-order chi connectivity index (χ1) is 12.3. The summed E-state index contributed by atoms with van der Waals surface area (Å²) in [5, 5.41) is 3.14. The number of hydrogen-bond acceptors (Lipinski definition) is 5. The fourth-order valence-electron chi connectivity index (χ4n) is 2.06. The van der Waals surface area contributed by atoms with Crippen LogP contribution in [-0.4, -0.2) is 62.8 Å². The van der Waals surface area contributed by atoms with Crippen LogP contribution in [0.15, 0.2) is 0 Å². The molecule has 1 amide bonds. The summed E-state index contributed by atoms with van der Waals surface area (Å²) in [6, 6.07) is 0. The van der Waals surface area contributed by atoms with Crippen molar-refractivity contribution in [2.45, 2.75) is 86.0 Å². The van der Waals surface area contributed by atoms with Gasteiger partial charge in [-0.1, -0.05) is 20.8 Å². The van der Waals surface area contributed by atoms with E-state index in [1.807, 2.05) is 62.3 Å². The van der Waals surface area contributed by atoms with Crippen LogP contribution in [0.4, 0.5) is 0 Å². The minimum absolute atomic E-state index is 0.0496. The second kappa shape index (κ2) is 12.0. The molecule has 0 saturated heterocycles. The van der Waals surface area contributed by atoms with Crippen LogP contribution in [0.2, 0.25) is 0 Å². The van der Waals surface area contributed by atoms with E-state index < -0.39 is 11.0 Å². The Kier molecular flexibility index (Phi) is 11.7. The van der Waals surface area contributed by atoms with E-state index in [4.69, 9.17) is 18.9 Å². The maximum absolute atomic E-state index is 12.7. The molecule has 0 radical (unpaired) electrons. The van der Waals surface area contributed by atoms with Gasteiger partial charge in [0.05, 0.1) is 31.5 Å². The van der Waals surface area contributed by atoms with Crippen molar-refractivity contribution in [2.24, 2.45) is 5.41 Å². The number of nitrogens with one attached hydrogen (secondary N) is 1. The van der Waals surface area contributed by atoms with Gasteiger partial charge in [-0.05, 0) is 48.0 Å². The third-order valence-corrected chi connectivity index (χ3v) is 3.69. The van der Waals surface area contributed by atoms with E-state index >= 15 is 0 Å². The summed E-state index contributed by atoms with van der Waals surface area (Å²) in [5.74, 6) is -0.0496. The van der Waals surface area contributed by atoms with Crippen molar-refractivity contribution in [3.63, 3.8) is 0 Å². The average molecular weight is 390 g/mol. The Morgan fingerprint density at radius 3 is 2.00 bits per heavy atom. The van der Waals surface area contributed by atoms with Crippen molar-refractivity contribution < 1.29 is 23.7 Å². The third kappa shape index (κ3) is 13.2. The lowest BCUT2D eigenvalue weighted by molar-refractivity contribution is -0.138. The van der Waals surface area contributed by atoms with Gasteiger partial charge in [0.1, 0.15) is 5.54 Å². The molecule has 0 aliphatic carbocycles. The Balaban J connectivity index is 5.05. The Bertz CT molecular complexity index is 412. The van der Waals surface area contributed by atoms with Gasteiger partial charge in [-0.2, -0.15) is 0 Å². The standard InChI is InChI=1S/C21H43NO5/c1-10-24-14-21(16-27-20(7,8)9,22-18(23)19(4,5)6)15-25-12-11-13-26-17(2)3/h17H,10-16H2,1-9H3,(H,22,23). The lowest BCUT2D eigenvalue weighted by atomic mass is 9.92. The zero-order valence-corrected chi connectivity index (χ0v) is 19.1. The number of carbonyl (C=O) groups excluding carboxylic acids is 1. The molecular formula is C21H43NO5. The van der Waals surface area contributed by atoms with Gasteiger partial charge in [-0.15, -0.1) is 0 Å². The van der Waals surface area contributed by atoms with Gasteiger partial charge >= 0.3 is 0 Å². The second-order valence-corrected chi connectivity index (χ2v) is 9.35. The monoisotopic (exact) mass is 389 g/mol. The van der Waals surface area contributed by atoms with Crippen molar-refractivity contribution >= 4 is 5.91 Å². The SMILES string of the molecule is CCOCC(COCCCOC(C)C)(COC(C)(C)C)NC(=O)C(C)(C)C. The summed E-state index contributed by atoms with van der Waals surface area (Å²) in [5.41, 5.74) is -1.56. The predicted octanol–water partition coefficient (Wildman–Crippen LogP) is 3.57. The lowest BCUT2D eigenvalue weighted by Crippen LogP contribution is -2.61. The number of ether oxygens (including phenoxy) is 4. The molecule has 0 rings (SSSR count). The Labute approximate surface area is 166 Å². The number of carbonyl (C=O) groups is 1. The van der Waals surface area contributed by atoms with Crippen molar-refractivity contribution in [3.8, 4) is 0 Å². The first kappa shape index (κ1) is 26.3. The van der Waals surface area contributed by atoms with Crippen LogP contribution in [0.5, 0.6) is 0 Å². The van der Waals surface area contributed by atoms with Gasteiger partial charge in [0.15, 0.2) is 0 Å². The summed E-state index contributed by atoms with van der Waals surface area (Å²) in [4.78, 5) is 12.7. The minimum Gasteiger partial charge on any atom is -0.379 e. The molecule has 6 nitrogen and oxygen atoms in total. The van der Waals surface area contributed by atoms with Crippen molar-refractivity contribution in [1.82, 2.24) is 5.32 Å². The van der Waals surface area contributed by atoms with Gasteiger partial charge in [-0.25, -0.2) is 0 Å². The highest BCUT2D eigenvalue weighted by Gasteiger charge is 2.37. The van der Waals surface area contributed by atoms with E-state index in [1.165, 1.54) is 0 Å². The zero-order chi connectivity index (χ0) is 21.1. The molecule has 0 aromatic heterocycles. The summed E-state index contributed by atoms with van der Waals surface area (Å²) < 4.78 is 23.1. The van der Waals surface area contributed by atoms with Crippen LogP contribution >= 0.6 is 0 Å². The maximum Gasteiger partial charge on any atom is 0.226 e. The van der Waals surface area contributed by atoms with E-state index in [0.29, 0.717) is 39.6 Å². The van der Waals surface area contributed by atoms with Crippen LogP contribution in [0, 0.1) is 5.41 Å². The summed E-state index contributed by atoms with van der Waals surface area (Å²) in [6.07, 6.45) is 1.02. The molecule has 1 atom stereocenters. The summed E-state index contributed by atoms with van der Waals surface area (Å²) in [7, 11) is 0. The topological polar surface area (TPSA) is 66.0 Å². The van der Waals surface area contributed by atoms with Crippen LogP contribution in [0.25, 0.3) is 0 Å². The van der Waals surface area contributed by atoms with Crippen LogP contribution in [0.1, 0.15) is 68.7 Å². The molecule has 0 aromatic carbocycles. The molecule has 1 unspecified atom stereocenters. The zero-order valence-electron chi connectivity index (χ0n) is 19.1. The second-order valence-electron chi connectivity index (χ2n) is 9.35. The van der Waals surface area contributed by atoms with E-state index in [2.05, 4.69) is 5.32 Å². The molecule has 0 fully saturated rings. The van der Waals surface area contributed by atoms with Gasteiger partial charge in [0.25, 0.3) is 0 Å². The van der Waals surface area contributed by atoms with Crippen molar-refractivity contribution in [3.05, 3.63) is 0 Å². The fourth-order valence-corrected chi connectivity index (χ4v) is 2.06. The molecule has 1 N–H and O–H groups in total. The molecule has 0 aliphatic heterocycles. The molecule has 27 heavy (non-hydrogen) atoms. The average Bonchev–Trinajstić information content (AvgIpc) is 2.52. The van der Waals surface area contributed by atoms with Gasteiger partial charge in [0.2, 0.25) is 5.91 Å². The van der Waals surface area contributed by atoms with Gasteiger partial charge < -0.3 is 24.3 Å².